The number of hydrogen-bond donors (Lipinski definition) is 2. The quantitative estimate of drug-likeness (QED) is 0.792. The lowest BCUT2D eigenvalue weighted by Crippen LogP contribution is -2.15. The molecule has 1 aromatic heterocycles. The van der Waals surface area contributed by atoms with Crippen molar-refractivity contribution < 1.29 is 9.90 Å². The van der Waals surface area contributed by atoms with E-state index in [2.05, 4.69) is 22.4 Å². The number of anilines is 1. The summed E-state index contributed by atoms with van der Waals surface area (Å²) in [6.45, 7) is 3.08. The van der Waals surface area contributed by atoms with Gasteiger partial charge in [-0.05, 0) is 36.8 Å². The molecule has 0 unspecified atom stereocenters. The number of rotatable bonds is 5. The molecule has 5 heteroatoms. The Labute approximate surface area is 93.9 Å². The summed E-state index contributed by atoms with van der Waals surface area (Å²) in [7, 11) is 0. The molecule has 0 saturated heterocycles. The number of carboxylic acid groups (broad SMARTS) is 1. The summed E-state index contributed by atoms with van der Waals surface area (Å²) in [4.78, 5) is 10.6. The van der Waals surface area contributed by atoms with Gasteiger partial charge >= 0.3 is 5.97 Å². The van der Waals surface area contributed by atoms with Crippen LogP contribution >= 0.6 is 0 Å². The molecule has 0 bridgehead atoms. The van der Waals surface area contributed by atoms with Crippen molar-refractivity contribution in [3.8, 4) is 0 Å². The summed E-state index contributed by atoms with van der Waals surface area (Å²) in [5, 5.41) is 19.3. The van der Waals surface area contributed by atoms with Crippen LogP contribution in [0.5, 0.6) is 0 Å². The Morgan fingerprint density at radius 2 is 2.25 bits per heavy atom. The van der Waals surface area contributed by atoms with E-state index in [4.69, 9.17) is 5.11 Å². The van der Waals surface area contributed by atoms with Crippen LogP contribution in [0.1, 0.15) is 36.7 Å². The second kappa shape index (κ2) is 4.08. The van der Waals surface area contributed by atoms with Gasteiger partial charge in [0.1, 0.15) is 5.82 Å². The Morgan fingerprint density at radius 1 is 1.50 bits per heavy atom. The Bertz CT molecular complexity index is 385. The molecule has 0 aliphatic heterocycles. The standard InChI is InChI=1S/C11H15N3O2/c1-2-11(5-6-11)7-12-9-4-3-8(10(15)16)13-14-9/h3-4H,2,5-7H2,1H3,(H,12,14)(H,15,16). The zero-order valence-electron chi connectivity index (χ0n) is 9.23. The highest BCUT2D eigenvalue weighted by atomic mass is 16.4. The van der Waals surface area contributed by atoms with Crippen molar-refractivity contribution in [1.82, 2.24) is 10.2 Å². The van der Waals surface area contributed by atoms with Crippen molar-refractivity contribution in [2.45, 2.75) is 26.2 Å². The Kier molecular flexibility index (Phi) is 2.77. The molecule has 1 aliphatic rings. The molecule has 1 aromatic rings. The highest BCUT2D eigenvalue weighted by Crippen LogP contribution is 2.48. The third kappa shape index (κ3) is 2.29. The minimum Gasteiger partial charge on any atom is -0.476 e. The summed E-state index contributed by atoms with van der Waals surface area (Å²) in [5.74, 6) is -0.406. The monoisotopic (exact) mass is 221 g/mol. The molecule has 5 nitrogen and oxygen atoms in total. The van der Waals surface area contributed by atoms with Gasteiger partial charge in [0.15, 0.2) is 5.69 Å². The van der Waals surface area contributed by atoms with Crippen molar-refractivity contribution in [2.24, 2.45) is 5.41 Å². The average Bonchev–Trinajstić information content (AvgIpc) is 3.08. The predicted molar refractivity (Wildman–Crippen MR) is 59.4 cm³/mol. The maximum absolute atomic E-state index is 10.6. The summed E-state index contributed by atoms with van der Waals surface area (Å²) in [6.07, 6.45) is 3.69. The minimum atomic E-state index is -1.05. The first-order valence-electron chi connectivity index (χ1n) is 5.46. The zero-order valence-corrected chi connectivity index (χ0v) is 9.23. The molecule has 1 aliphatic carbocycles. The molecule has 0 amide bonds. The van der Waals surface area contributed by atoms with E-state index in [1.54, 1.807) is 6.07 Å². The third-order valence-corrected chi connectivity index (χ3v) is 3.24. The molecule has 0 radical (unpaired) electrons. The molecule has 1 fully saturated rings. The molecule has 0 atom stereocenters. The Morgan fingerprint density at radius 3 is 2.69 bits per heavy atom. The van der Waals surface area contributed by atoms with Crippen molar-refractivity contribution in [1.29, 1.82) is 0 Å². The van der Waals surface area contributed by atoms with E-state index in [1.807, 2.05) is 0 Å². The number of carbonyl (C=O) groups is 1. The maximum atomic E-state index is 10.6. The van der Waals surface area contributed by atoms with Crippen LogP contribution in [-0.4, -0.2) is 27.8 Å². The lowest BCUT2D eigenvalue weighted by molar-refractivity contribution is 0.0689. The van der Waals surface area contributed by atoms with E-state index in [1.165, 1.54) is 25.3 Å². The van der Waals surface area contributed by atoms with Crippen LogP contribution in [-0.2, 0) is 0 Å². The Balaban J connectivity index is 1.93. The molecule has 2 N–H and O–H groups in total. The molecule has 2 rings (SSSR count). The summed E-state index contributed by atoms with van der Waals surface area (Å²) in [6, 6.07) is 3.12. The van der Waals surface area contributed by atoms with Crippen LogP contribution in [0.15, 0.2) is 12.1 Å². The molecular formula is C11H15N3O2. The maximum Gasteiger partial charge on any atom is 0.356 e. The fourth-order valence-corrected chi connectivity index (χ4v) is 1.65. The van der Waals surface area contributed by atoms with Gasteiger partial charge in [-0.25, -0.2) is 4.79 Å². The van der Waals surface area contributed by atoms with E-state index < -0.39 is 5.97 Å². The predicted octanol–water partition coefficient (Wildman–Crippen LogP) is 1.78. The fourth-order valence-electron chi connectivity index (χ4n) is 1.65. The van der Waals surface area contributed by atoms with E-state index in [-0.39, 0.29) is 5.69 Å². The lowest BCUT2D eigenvalue weighted by Gasteiger charge is -2.13. The average molecular weight is 221 g/mol. The van der Waals surface area contributed by atoms with Crippen LogP contribution in [0, 0.1) is 5.41 Å². The van der Waals surface area contributed by atoms with E-state index >= 15 is 0 Å². The van der Waals surface area contributed by atoms with Crippen LogP contribution in [0.4, 0.5) is 5.82 Å². The van der Waals surface area contributed by atoms with E-state index in [0.717, 1.165) is 6.54 Å². The largest absolute Gasteiger partial charge is 0.476 e. The summed E-state index contributed by atoms with van der Waals surface area (Å²) in [5.41, 5.74) is 0.412. The number of aromatic carboxylic acids is 1. The number of nitrogens with one attached hydrogen (secondary N) is 1. The zero-order chi connectivity index (χ0) is 11.6. The van der Waals surface area contributed by atoms with Crippen molar-refractivity contribution >= 4 is 11.8 Å². The second-order valence-corrected chi connectivity index (χ2v) is 4.32. The van der Waals surface area contributed by atoms with Crippen LogP contribution in [0.2, 0.25) is 0 Å². The normalized spacial score (nSPS) is 16.8. The van der Waals surface area contributed by atoms with Crippen LogP contribution < -0.4 is 5.32 Å². The van der Waals surface area contributed by atoms with Gasteiger partial charge in [-0.15, -0.1) is 10.2 Å². The van der Waals surface area contributed by atoms with Gasteiger partial charge < -0.3 is 10.4 Å². The van der Waals surface area contributed by atoms with E-state index in [0.29, 0.717) is 11.2 Å². The molecule has 1 heterocycles. The highest BCUT2D eigenvalue weighted by molar-refractivity contribution is 5.85. The van der Waals surface area contributed by atoms with Gasteiger partial charge in [-0.3, -0.25) is 0 Å². The third-order valence-electron chi connectivity index (χ3n) is 3.24. The summed E-state index contributed by atoms with van der Waals surface area (Å²) < 4.78 is 0. The first-order valence-corrected chi connectivity index (χ1v) is 5.46. The number of hydrogen-bond acceptors (Lipinski definition) is 4. The molecule has 0 spiro atoms. The minimum absolute atomic E-state index is 0.0258. The Hall–Kier alpha value is -1.65. The SMILES string of the molecule is CCC1(CNc2ccc(C(=O)O)nn2)CC1. The lowest BCUT2D eigenvalue weighted by atomic mass is 10.0. The first-order chi connectivity index (χ1) is 7.65. The van der Waals surface area contributed by atoms with Crippen LogP contribution in [0.3, 0.4) is 0 Å². The van der Waals surface area contributed by atoms with E-state index in [9.17, 15) is 4.79 Å². The molecule has 86 valence electrons. The van der Waals surface area contributed by atoms with Crippen LogP contribution in [0.25, 0.3) is 0 Å². The van der Waals surface area contributed by atoms with Gasteiger partial charge in [0.05, 0.1) is 0 Å². The molecule has 16 heavy (non-hydrogen) atoms. The fraction of sp³-hybridized carbons (Fsp3) is 0.545. The summed E-state index contributed by atoms with van der Waals surface area (Å²) >= 11 is 0. The molecule has 0 aromatic carbocycles. The second-order valence-electron chi connectivity index (χ2n) is 4.32. The topological polar surface area (TPSA) is 75.1 Å². The first kappa shape index (κ1) is 10.9. The van der Waals surface area contributed by atoms with Gasteiger partial charge in [0, 0.05) is 6.54 Å². The number of carboxylic acids is 1. The van der Waals surface area contributed by atoms with Crippen molar-refractivity contribution in [3.63, 3.8) is 0 Å². The molecule has 1 saturated carbocycles. The van der Waals surface area contributed by atoms with Gasteiger partial charge in [0.2, 0.25) is 0 Å². The van der Waals surface area contributed by atoms with Gasteiger partial charge in [-0.1, -0.05) is 6.92 Å². The van der Waals surface area contributed by atoms with Crippen molar-refractivity contribution in [3.05, 3.63) is 17.8 Å². The van der Waals surface area contributed by atoms with Gasteiger partial charge in [0.25, 0.3) is 0 Å². The number of aromatic nitrogens is 2. The smallest absolute Gasteiger partial charge is 0.356 e. The van der Waals surface area contributed by atoms with Gasteiger partial charge in [-0.2, -0.15) is 0 Å². The van der Waals surface area contributed by atoms with Crippen molar-refractivity contribution in [2.75, 3.05) is 11.9 Å². The molecular weight excluding hydrogens is 206 g/mol. The highest BCUT2D eigenvalue weighted by Gasteiger charge is 2.40. The number of nitrogens with zero attached hydrogens (tertiary/aromatic N) is 2.